The van der Waals surface area contributed by atoms with Crippen LogP contribution in [0.3, 0.4) is 0 Å². The number of benzene rings is 1. The molecule has 0 fully saturated rings. The number of nitrogens with one attached hydrogen (secondary N) is 2. The lowest BCUT2D eigenvalue weighted by Crippen LogP contribution is -2.42. The molecule has 1 aromatic carbocycles. The second-order valence-electron chi connectivity index (χ2n) is 5.42. The van der Waals surface area contributed by atoms with Gasteiger partial charge in [0, 0.05) is 31.2 Å². The standard InChI is InChI=1S/C15H23N3O/c1-11(2)18(3)9-8-16-15(19)14-10-12-6-4-5-7-13(12)17-14/h4-7,11,14,17H,8-10H2,1-3H3,(H,16,19). The van der Waals surface area contributed by atoms with Crippen LogP contribution in [-0.2, 0) is 11.2 Å². The highest BCUT2D eigenvalue weighted by molar-refractivity contribution is 5.87. The smallest absolute Gasteiger partial charge is 0.242 e. The molecule has 4 heteroatoms. The Balaban J connectivity index is 1.77. The molecule has 1 amide bonds. The Labute approximate surface area is 115 Å². The van der Waals surface area contributed by atoms with Gasteiger partial charge in [-0.05, 0) is 32.5 Å². The first-order valence-electron chi connectivity index (χ1n) is 6.90. The summed E-state index contributed by atoms with van der Waals surface area (Å²) in [6.45, 7) is 5.87. The SMILES string of the molecule is CC(C)N(C)CCNC(=O)C1Cc2ccccc2N1. The molecule has 104 valence electrons. The minimum Gasteiger partial charge on any atom is -0.373 e. The molecular formula is C15H23N3O. The molecule has 4 nitrogen and oxygen atoms in total. The Hall–Kier alpha value is -1.55. The van der Waals surface area contributed by atoms with Crippen LogP contribution in [0.1, 0.15) is 19.4 Å². The second kappa shape index (κ2) is 6.06. The van der Waals surface area contributed by atoms with E-state index in [1.807, 2.05) is 18.2 Å². The molecule has 1 aliphatic rings. The van der Waals surface area contributed by atoms with Crippen molar-refractivity contribution in [1.29, 1.82) is 0 Å². The van der Waals surface area contributed by atoms with E-state index in [-0.39, 0.29) is 11.9 Å². The van der Waals surface area contributed by atoms with Crippen molar-refractivity contribution < 1.29 is 4.79 Å². The van der Waals surface area contributed by atoms with E-state index in [1.165, 1.54) is 5.56 Å². The Bertz CT molecular complexity index is 420. The van der Waals surface area contributed by atoms with Gasteiger partial charge in [0.2, 0.25) is 5.91 Å². The van der Waals surface area contributed by atoms with E-state index in [1.54, 1.807) is 0 Å². The van der Waals surface area contributed by atoms with Crippen LogP contribution in [0.15, 0.2) is 24.3 Å². The van der Waals surface area contributed by atoms with Crippen molar-refractivity contribution >= 4 is 11.6 Å². The fourth-order valence-electron chi connectivity index (χ4n) is 2.19. The van der Waals surface area contributed by atoms with Gasteiger partial charge in [0.15, 0.2) is 0 Å². The summed E-state index contributed by atoms with van der Waals surface area (Å²) in [5.41, 5.74) is 2.31. The van der Waals surface area contributed by atoms with Gasteiger partial charge in [-0.1, -0.05) is 18.2 Å². The summed E-state index contributed by atoms with van der Waals surface area (Å²) < 4.78 is 0. The van der Waals surface area contributed by atoms with Crippen LogP contribution >= 0.6 is 0 Å². The van der Waals surface area contributed by atoms with Gasteiger partial charge in [-0.3, -0.25) is 4.79 Å². The van der Waals surface area contributed by atoms with Crippen molar-refractivity contribution in [3.63, 3.8) is 0 Å². The molecule has 0 aliphatic carbocycles. The van der Waals surface area contributed by atoms with E-state index in [2.05, 4.69) is 42.5 Å². The van der Waals surface area contributed by atoms with Gasteiger partial charge >= 0.3 is 0 Å². The van der Waals surface area contributed by atoms with Crippen molar-refractivity contribution in [3.05, 3.63) is 29.8 Å². The summed E-state index contributed by atoms with van der Waals surface area (Å²) in [6.07, 6.45) is 0.780. The Morgan fingerprint density at radius 3 is 2.89 bits per heavy atom. The van der Waals surface area contributed by atoms with Gasteiger partial charge in [0.1, 0.15) is 6.04 Å². The summed E-state index contributed by atoms with van der Waals surface area (Å²) in [5, 5.41) is 6.27. The maximum Gasteiger partial charge on any atom is 0.242 e. The van der Waals surface area contributed by atoms with E-state index in [9.17, 15) is 4.79 Å². The number of rotatable bonds is 5. The zero-order valence-electron chi connectivity index (χ0n) is 11.9. The molecule has 1 aliphatic heterocycles. The molecule has 0 aromatic heterocycles. The topological polar surface area (TPSA) is 44.4 Å². The number of fused-ring (bicyclic) bond motifs is 1. The molecule has 2 N–H and O–H groups in total. The van der Waals surface area contributed by atoms with Crippen LogP contribution < -0.4 is 10.6 Å². The van der Waals surface area contributed by atoms with Crippen molar-refractivity contribution in [1.82, 2.24) is 10.2 Å². The minimum absolute atomic E-state index is 0.0911. The van der Waals surface area contributed by atoms with E-state index in [0.29, 0.717) is 12.6 Å². The number of hydrogen-bond acceptors (Lipinski definition) is 3. The molecule has 0 saturated heterocycles. The predicted octanol–water partition coefficient (Wildman–Crippen LogP) is 1.48. The highest BCUT2D eigenvalue weighted by Gasteiger charge is 2.25. The molecule has 1 aromatic rings. The lowest BCUT2D eigenvalue weighted by Gasteiger charge is -2.21. The third-order valence-corrected chi connectivity index (χ3v) is 3.73. The molecule has 19 heavy (non-hydrogen) atoms. The molecule has 0 saturated carbocycles. The molecule has 0 bridgehead atoms. The van der Waals surface area contributed by atoms with E-state index in [4.69, 9.17) is 0 Å². The van der Waals surface area contributed by atoms with Gasteiger partial charge < -0.3 is 15.5 Å². The fourth-order valence-corrected chi connectivity index (χ4v) is 2.19. The lowest BCUT2D eigenvalue weighted by atomic mass is 10.1. The zero-order valence-corrected chi connectivity index (χ0v) is 11.9. The second-order valence-corrected chi connectivity index (χ2v) is 5.42. The van der Waals surface area contributed by atoms with Gasteiger partial charge in [-0.25, -0.2) is 0 Å². The normalized spacial score (nSPS) is 17.4. The van der Waals surface area contributed by atoms with Crippen molar-refractivity contribution in [3.8, 4) is 0 Å². The Morgan fingerprint density at radius 2 is 2.21 bits per heavy atom. The summed E-state index contributed by atoms with van der Waals surface area (Å²) in [7, 11) is 2.07. The van der Waals surface area contributed by atoms with Crippen LogP contribution in [0.5, 0.6) is 0 Å². The maximum atomic E-state index is 12.1. The number of anilines is 1. The fraction of sp³-hybridized carbons (Fsp3) is 0.533. The average molecular weight is 261 g/mol. The Morgan fingerprint density at radius 1 is 1.47 bits per heavy atom. The highest BCUT2D eigenvalue weighted by Crippen LogP contribution is 2.24. The van der Waals surface area contributed by atoms with Crippen molar-refractivity contribution in [2.24, 2.45) is 0 Å². The zero-order chi connectivity index (χ0) is 13.8. The number of likely N-dealkylation sites (N-methyl/N-ethyl adjacent to an activating group) is 1. The lowest BCUT2D eigenvalue weighted by molar-refractivity contribution is -0.121. The predicted molar refractivity (Wildman–Crippen MR) is 78.3 cm³/mol. The number of amides is 1. The quantitative estimate of drug-likeness (QED) is 0.844. The Kier molecular flexibility index (Phi) is 4.43. The monoisotopic (exact) mass is 261 g/mol. The van der Waals surface area contributed by atoms with Gasteiger partial charge in [-0.2, -0.15) is 0 Å². The first kappa shape index (κ1) is 13.9. The van der Waals surface area contributed by atoms with Gasteiger partial charge in [0.25, 0.3) is 0 Å². The first-order valence-corrected chi connectivity index (χ1v) is 6.90. The van der Waals surface area contributed by atoms with E-state index in [0.717, 1.165) is 18.7 Å². The molecule has 1 heterocycles. The van der Waals surface area contributed by atoms with E-state index < -0.39 is 0 Å². The average Bonchev–Trinajstić information content (AvgIpc) is 2.82. The third kappa shape index (κ3) is 3.47. The summed E-state index contributed by atoms with van der Waals surface area (Å²) in [5.74, 6) is 0.0911. The number of nitrogens with zero attached hydrogens (tertiary/aromatic N) is 1. The summed E-state index contributed by atoms with van der Waals surface area (Å²) in [6, 6.07) is 8.48. The van der Waals surface area contributed by atoms with Crippen molar-refractivity contribution in [2.75, 3.05) is 25.5 Å². The number of para-hydroxylation sites is 1. The third-order valence-electron chi connectivity index (χ3n) is 3.73. The minimum atomic E-state index is -0.123. The first-order chi connectivity index (χ1) is 9.08. The van der Waals surface area contributed by atoms with Crippen LogP contribution in [0.2, 0.25) is 0 Å². The highest BCUT2D eigenvalue weighted by atomic mass is 16.2. The van der Waals surface area contributed by atoms with Crippen molar-refractivity contribution in [2.45, 2.75) is 32.4 Å². The summed E-state index contributed by atoms with van der Waals surface area (Å²) >= 11 is 0. The molecule has 0 spiro atoms. The molecule has 0 radical (unpaired) electrons. The van der Waals surface area contributed by atoms with Crippen LogP contribution in [-0.4, -0.2) is 43.0 Å². The molecular weight excluding hydrogens is 238 g/mol. The maximum absolute atomic E-state index is 12.1. The molecule has 2 rings (SSSR count). The number of hydrogen-bond donors (Lipinski definition) is 2. The molecule has 1 atom stereocenters. The van der Waals surface area contributed by atoms with Gasteiger partial charge in [0.05, 0.1) is 0 Å². The van der Waals surface area contributed by atoms with Crippen LogP contribution in [0.25, 0.3) is 0 Å². The van der Waals surface area contributed by atoms with E-state index >= 15 is 0 Å². The summed E-state index contributed by atoms with van der Waals surface area (Å²) in [4.78, 5) is 14.3. The van der Waals surface area contributed by atoms with Gasteiger partial charge in [-0.15, -0.1) is 0 Å². The largest absolute Gasteiger partial charge is 0.373 e. The number of carbonyl (C=O) groups is 1. The molecule has 1 unspecified atom stereocenters. The number of carbonyl (C=O) groups excluding carboxylic acids is 1. The van der Waals surface area contributed by atoms with Crippen LogP contribution in [0.4, 0.5) is 5.69 Å². The van der Waals surface area contributed by atoms with Crippen LogP contribution in [0, 0.1) is 0 Å².